The predicted octanol–water partition coefficient (Wildman–Crippen LogP) is 3.79. The van der Waals surface area contributed by atoms with Crippen molar-refractivity contribution >= 4 is 38.5 Å². The number of carbonyl (C=O) groups is 1. The Labute approximate surface area is 191 Å². The molecule has 9 heteroatoms. The standard InChI is InChI=1S/C23H23N3O4S2/c1-17-2-4-18(5-3-17)6-11-22(27)25-23-24-21(16-31-23)19-7-9-20(10-8-19)32(28,29)26-12-14-30-15-13-26/h2-11,16H,12-15H2,1H3,(H,24,25,27)/b11-6+. The van der Waals surface area contributed by atoms with Crippen LogP contribution in [0, 0.1) is 6.92 Å². The van der Waals surface area contributed by atoms with Gasteiger partial charge in [-0.15, -0.1) is 11.3 Å². The number of nitrogens with one attached hydrogen (secondary N) is 1. The molecule has 7 nitrogen and oxygen atoms in total. The first-order chi connectivity index (χ1) is 15.4. The first-order valence-electron chi connectivity index (χ1n) is 10.1. The van der Waals surface area contributed by atoms with Gasteiger partial charge in [-0.3, -0.25) is 10.1 Å². The molecule has 1 aromatic heterocycles. The quantitative estimate of drug-likeness (QED) is 0.555. The molecular formula is C23H23N3O4S2. The molecular weight excluding hydrogens is 446 g/mol. The Hall–Kier alpha value is -2.85. The van der Waals surface area contributed by atoms with Crippen LogP contribution in [0.3, 0.4) is 0 Å². The van der Waals surface area contributed by atoms with Gasteiger partial charge in [0.15, 0.2) is 5.13 Å². The third-order valence-electron chi connectivity index (χ3n) is 5.00. The molecule has 1 aliphatic heterocycles. The number of anilines is 1. The second kappa shape index (κ2) is 9.74. The molecule has 1 amide bonds. The Kier molecular flexibility index (Phi) is 6.80. The smallest absolute Gasteiger partial charge is 0.250 e. The highest BCUT2D eigenvalue weighted by Crippen LogP contribution is 2.27. The SMILES string of the molecule is Cc1ccc(/C=C/C(=O)Nc2nc(-c3ccc(S(=O)(=O)N4CCOCC4)cc3)cs2)cc1. The van der Waals surface area contributed by atoms with Crippen LogP contribution in [-0.2, 0) is 19.6 Å². The van der Waals surface area contributed by atoms with Crippen LogP contribution in [0.15, 0.2) is 64.9 Å². The average Bonchev–Trinajstić information content (AvgIpc) is 3.28. The van der Waals surface area contributed by atoms with Crippen LogP contribution < -0.4 is 5.32 Å². The molecule has 0 aliphatic carbocycles. The number of morpholine rings is 1. The average molecular weight is 470 g/mol. The second-order valence-corrected chi connectivity index (χ2v) is 10.1. The van der Waals surface area contributed by atoms with E-state index in [9.17, 15) is 13.2 Å². The molecule has 2 aromatic carbocycles. The zero-order valence-corrected chi connectivity index (χ0v) is 19.2. The van der Waals surface area contributed by atoms with Gasteiger partial charge in [0.2, 0.25) is 15.9 Å². The van der Waals surface area contributed by atoms with Gasteiger partial charge in [-0.1, -0.05) is 42.0 Å². The van der Waals surface area contributed by atoms with Gasteiger partial charge >= 0.3 is 0 Å². The predicted molar refractivity (Wildman–Crippen MR) is 126 cm³/mol. The number of benzene rings is 2. The summed E-state index contributed by atoms with van der Waals surface area (Å²) in [5, 5.41) is 5.06. The second-order valence-electron chi connectivity index (χ2n) is 7.31. The van der Waals surface area contributed by atoms with Crippen molar-refractivity contribution in [1.82, 2.24) is 9.29 Å². The van der Waals surface area contributed by atoms with Crippen LogP contribution in [0.25, 0.3) is 17.3 Å². The minimum absolute atomic E-state index is 0.244. The van der Waals surface area contributed by atoms with Gasteiger partial charge in [0.25, 0.3) is 0 Å². The minimum atomic E-state index is -3.53. The number of hydrogen-bond donors (Lipinski definition) is 1. The summed E-state index contributed by atoms with van der Waals surface area (Å²) in [7, 11) is -3.53. The molecule has 1 N–H and O–H groups in total. The number of amides is 1. The Morgan fingerprint density at radius 3 is 2.47 bits per heavy atom. The monoisotopic (exact) mass is 469 g/mol. The van der Waals surface area contributed by atoms with E-state index in [0.717, 1.165) is 16.7 Å². The fraction of sp³-hybridized carbons (Fsp3) is 0.217. The lowest BCUT2D eigenvalue weighted by atomic mass is 10.1. The lowest BCUT2D eigenvalue weighted by molar-refractivity contribution is -0.111. The number of carbonyl (C=O) groups excluding carboxylic acids is 1. The van der Waals surface area contributed by atoms with E-state index in [-0.39, 0.29) is 10.8 Å². The third kappa shape index (κ3) is 5.31. The number of nitrogens with zero attached hydrogens (tertiary/aromatic N) is 2. The number of sulfonamides is 1. The van der Waals surface area contributed by atoms with Crippen molar-refractivity contribution in [2.75, 3.05) is 31.6 Å². The van der Waals surface area contributed by atoms with Gasteiger partial charge in [0.1, 0.15) is 0 Å². The van der Waals surface area contributed by atoms with E-state index in [1.54, 1.807) is 30.3 Å². The van der Waals surface area contributed by atoms with E-state index >= 15 is 0 Å². The summed E-state index contributed by atoms with van der Waals surface area (Å²) >= 11 is 1.31. The molecule has 32 heavy (non-hydrogen) atoms. The molecule has 0 spiro atoms. The number of thiazole rings is 1. The summed E-state index contributed by atoms with van der Waals surface area (Å²) in [5.74, 6) is -0.265. The van der Waals surface area contributed by atoms with E-state index in [2.05, 4.69) is 10.3 Å². The van der Waals surface area contributed by atoms with Crippen molar-refractivity contribution in [3.8, 4) is 11.3 Å². The molecule has 0 radical (unpaired) electrons. The van der Waals surface area contributed by atoms with Gasteiger partial charge in [-0.2, -0.15) is 4.31 Å². The summed E-state index contributed by atoms with van der Waals surface area (Å²) in [6.07, 6.45) is 3.22. The summed E-state index contributed by atoms with van der Waals surface area (Å²) in [4.78, 5) is 16.9. The number of aromatic nitrogens is 1. The molecule has 1 fully saturated rings. The number of aryl methyl sites for hydroxylation is 1. The van der Waals surface area contributed by atoms with E-state index in [0.29, 0.717) is 37.1 Å². The molecule has 2 heterocycles. The van der Waals surface area contributed by atoms with Crippen molar-refractivity contribution in [1.29, 1.82) is 0 Å². The fourth-order valence-electron chi connectivity index (χ4n) is 3.19. The van der Waals surface area contributed by atoms with Gasteiger partial charge in [0.05, 0.1) is 23.8 Å². The highest BCUT2D eigenvalue weighted by molar-refractivity contribution is 7.89. The van der Waals surface area contributed by atoms with Crippen molar-refractivity contribution in [2.45, 2.75) is 11.8 Å². The summed E-state index contributed by atoms with van der Waals surface area (Å²) in [6, 6.07) is 14.5. The zero-order chi connectivity index (χ0) is 22.6. The molecule has 3 aromatic rings. The minimum Gasteiger partial charge on any atom is -0.379 e. The first-order valence-corrected chi connectivity index (χ1v) is 12.4. The van der Waals surface area contributed by atoms with Crippen LogP contribution in [0.2, 0.25) is 0 Å². The maximum Gasteiger partial charge on any atom is 0.250 e. The molecule has 0 bridgehead atoms. The maximum atomic E-state index is 12.7. The number of rotatable bonds is 6. The third-order valence-corrected chi connectivity index (χ3v) is 7.67. The van der Waals surface area contributed by atoms with Crippen LogP contribution >= 0.6 is 11.3 Å². The maximum absolute atomic E-state index is 12.7. The van der Waals surface area contributed by atoms with Crippen molar-refractivity contribution in [2.24, 2.45) is 0 Å². The number of ether oxygens (including phenoxy) is 1. The van der Waals surface area contributed by atoms with Crippen LogP contribution in [0.4, 0.5) is 5.13 Å². The molecule has 1 saturated heterocycles. The van der Waals surface area contributed by atoms with E-state index in [1.165, 1.54) is 21.7 Å². The lowest BCUT2D eigenvalue weighted by Gasteiger charge is -2.26. The van der Waals surface area contributed by atoms with Crippen molar-refractivity contribution in [3.63, 3.8) is 0 Å². The first kappa shape index (κ1) is 22.3. The largest absolute Gasteiger partial charge is 0.379 e. The van der Waals surface area contributed by atoms with Crippen LogP contribution in [0.1, 0.15) is 11.1 Å². The van der Waals surface area contributed by atoms with E-state index < -0.39 is 10.0 Å². The lowest BCUT2D eigenvalue weighted by Crippen LogP contribution is -2.40. The van der Waals surface area contributed by atoms with Crippen molar-refractivity contribution < 1.29 is 17.9 Å². The van der Waals surface area contributed by atoms with Gasteiger partial charge in [-0.05, 0) is 30.7 Å². The summed E-state index contributed by atoms with van der Waals surface area (Å²) in [6.45, 7) is 3.54. The Bertz CT molecular complexity index is 1210. The number of hydrogen-bond acceptors (Lipinski definition) is 6. The molecule has 4 rings (SSSR count). The molecule has 0 unspecified atom stereocenters. The van der Waals surface area contributed by atoms with E-state index in [4.69, 9.17) is 4.74 Å². The van der Waals surface area contributed by atoms with Gasteiger partial charge in [-0.25, -0.2) is 13.4 Å². The Morgan fingerprint density at radius 1 is 1.09 bits per heavy atom. The zero-order valence-electron chi connectivity index (χ0n) is 17.5. The van der Waals surface area contributed by atoms with Crippen LogP contribution in [0.5, 0.6) is 0 Å². The molecule has 166 valence electrons. The van der Waals surface area contributed by atoms with Gasteiger partial charge in [0, 0.05) is 30.1 Å². The molecule has 1 aliphatic rings. The normalized spacial score (nSPS) is 15.2. The summed E-state index contributed by atoms with van der Waals surface area (Å²) < 4.78 is 32.2. The van der Waals surface area contributed by atoms with Crippen molar-refractivity contribution in [3.05, 3.63) is 71.1 Å². The van der Waals surface area contributed by atoms with Crippen LogP contribution in [-0.4, -0.2) is 49.9 Å². The topological polar surface area (TPSA) is 88.6 Å². The Morgan fingerprint density at radius 2 is 1.78 bits per heavy atom. The highest BCUT2D eigenvalue weighted by Gasteiger charge is 2.26. The van der Waals surface area contributed by atoms with E-state index in [1.807, 2.05) is 36.6 Å². The summed E-state index contributed by atoms with van der Waals surface area (Å²) in [5.41, 5.74) is 3.55. The molecule has 0 atom stereocenters. The molecule has 0 saturated carbocycles. The van der Waals surface area contributed by atoms with Gasteiger partial charge < -0.3 is 4.74 Å². The Balaban J connectivity index is 1.40. The highest BCUT2D eigenvalue weighted by atomic mass is 32.2. The fourth-order valence-corrected chi connectivity index (χ4v) is 5.32.